The Balaban J connectivity index is 1.89. The summed E-state index contributed by atoms with van der Waals surface area (Å²) >= 11 is 1.25. The molecule has 0 aromatic carbocycles. The van der Waals surface area contributed by atoms with Crippen LogP contribution in [0, 0.1) is 0 Å². The number of carbonyl (C=O) groups is 2. The second kappa shape index (κ2) is 6.05. The van der Waals surface area contributed by atoms with Crippen LogP contribution in [0.25, 0.3) is 0 Å². The molecule has 2 rings (SSSR count). The van der Waals surface area contributed by atoms with E-state index in [0.717, 1.165) is 0 Å². The Morgan fingerprint density at radius 3 is 3.05 bits per heavy atom. The summed E-state index contributed by atoms with van der Waals surface area (Å²) in [6.45, 7) is 0.0614. The van der Waals surface area contributed by atoms with E-state index in [1.165, 1.54) is 29.3 Å². The van der Waals surface area contributed by atoms with E-state index in [0.29, 0.717) is 10.8 Å². The molecule has 0 radical (unpaired) electrons. The first kappa shape index (κ1) is 13.1. The smallest absolute Gasteiger partial charge is 0.311 e. The molecule has 2 aromatic rings. The van der Waals surface area contributed by atoms with Crippen molar-refractivity contribution in [1.29, 1.82) is 0 Å². The molecular weight excluding hydrogens is 270 g/mol. The maximum absolute atomic E-state index is 11.6. The first-order valence-corrected chi connectivity index (χ1v) is 6.20. The van der Waals surface area contributed by atoms with E-state index in [9.17, 15) is 9.59 Å². The number of esters is 1. The fourth-order valence-corrected chi connectivity index (χ4v) is 2.02. The average Bonchev–Trinajstić information content (AvgIpc) is 3.01. The summed E-state index contributed by atoms with van der Waals surface area (Å²) in [5.41, 5.74) is 0.563. The Morgan fingerprint density at radius 1 is 1.53 bits per heavy atom. The fraction of sp³-hybridized carbons (Fsp3) is 0.300. The molecule has 2 heterocycles. The predicted molar refractivity (Wildman–Crippen MR) is 66.5 cm³/mol. The van der Waals surface area contributed by atoms with Crippen molar-refractivity contribution in [3.63, 3.8) is 0 Å². The number of rotatable bonds is 5. The van der Waals surface area contributed by atoms with Crippen molar-refractivity contribution < 1.29 is 14.3 Å². The molecule has 19 heavy (non-hydrogen) atoms. The zero-order valence-electron chi connectivity index (χ0n) is 10.1. The van der Waals surface area contributed by atoms with Gasteiger partial charge in [0.15, 0.2) is 5.13 Å². The van der Waals surface area contributed by atoms with E-state index in [2.05, 4.69) is 25.3 Å². The lowest BCUT2D eigenvalue weighted by molar-refractivity contribution is -0.139. The minimum Gasteiger partial charge on any atom is -0.469 e. The van der Waals surface area contributed by atoms with Gasteiger partial charge < -0.3 is 10.1 Å². The predicted octanol–water partition coefficient (Wildman–Crippen LogP) is 0.0888. The van der Waals surface area contributed by atoms with Crippen molar-refractivity contribution in [3.05, 3.63) is 23.5 Å². The number of thiazole rings is 1. The number of nitrogens with zero attached hydrogens (tertiary/aromatic N) is 4. The van der Waals surface area contributed by atoms with Crippen LogP contribution < -0.4 is 5.32 Å². The topological polar surface area (TPSA) is 99.0 Å². The van der Waals surface area contributed by atoms with Crippen molar-refractivity contribution in [1.82, 2.24) is 20.0 Å². The van der Waals surface area contributed by atoms with E-state index in [1.54, 1.807) is 11.6 Å². The summed E-state index contributed by atoms with van der Waals surface area (Å²) in [6.07, 6.45) is 3.17. The Labute approximate surface area is 112 Å². The first-order valence-electron chi connectivity index (χ1n) is 5.32. The van der Waals surface area contributed by atoms with Crippen molar-refractivity contribution in [2.24, 2.45) is 0 Å². The molecule has 0 aliphatic rings. The van der Waals surface area contributed by atoms with Crippen LogP contribution in [0.3, 0.4) is 0 Å². The van der Waals surface area contributed by atoms with Crippen LogP contribution >= 0.6 is 11.3 Å². The normalized spacial score (nSPS) is 10.2. The van der Waals surface area contributed by atoms with Gasteiger partial charge in [0.05, 0.1) is 25.4 Å². The van der Waals surface area contributed by atoms with E-state index in [-0.39, 0.29) is 24.8 Å². The number of carbonyl (C=O) groups excluding carboxylic acids is 2. The van der Waals surface area contributed by atoms with Crippen molar-refractivity contribution in [3.8, 4) is 0 Å². The first-order chi connectivity index (χ1) is 9.17. The molecule has 0 aliphatic heterocycles. The van der Waals surface area contributed by atoms with E-state index < -0.39 is 0 Å². The quantitative estimate of drug-likeness (QED) is 0.780. The molecule has 8 nitrogen and oxygen atoms in total. The average molecular weight is 281 g/mol. The molecule has 0 atom stereocenters. The highest BCUT2D eigenvalue weighted by Gasteiger charge is 2.10. The van der Waals surface area contributed by atoms with Crippen LogP contribution in [0.15, 0.2) is 17.8 Å². The van der Waals surface area contributed by atoms with E-state index >= 15 is 0 Å². The third kappa shape index (κ3) is 3.85. The highest BCUT2D eigenvalue weighted by atomic mass is 32.1. The Morgan fingerprint density at radius 2 is 2.37 bits per heavy atom. The second-order valence-electron chi connectivity index (χ2n) is 3.55. The fourth-order valence-electron chi connectivity index (χ4n) is 1.29. The van der Waals surface area contributed by atoms with Crippen LogP contribution in [0.1, 0.15) is 5.69 Å². The lowest BCUT2D eigenvalue weighted by Gasteiger charge is -2.00. The Hall–Kier alpha value is -2.29. The summed E-state index contributed by atoms with van der Waals surface area (Å²) < 4.78 is 5.94. The molecule has 0 spiro atoms. The number of anilines is 1. The number of hydrogen-bond donors (Lipinski definition) is 1. The summed E-state index contributed by atoms with van der Waals surface area (Å²) in [6, 6.07) is 0. The van der Waals surface area contributed by atoms with E-state index in [4.69, 9.17) is 0 Å². The summed E-state index contributed by atoms with van der Waals surface area (Å²) in [5.74, 6) is -0.629. The third-order valence-corrected chi connectivity index (χ3v) is 2.94. The molecule has 0 bridgehead atoms. The second-order valence-corrected chi connectivity index (χ2v) is 4.40. The standard InChI is InChI=1S/C10H11N5O3S/c1-18-9(17)4-7-6-19-10(12-7)13-8(16)5-15-3-2-11-14-15/h2-3,6H,4-5H2,1H3,(H,12,13,16). The molecule has 9 heteroatoms. The highest BCUT2D eigenvalue weighted by Crippen LogP contribution is 2.16. The molecule has 0 unspecified atom stereocenters. The molecule has 0 fully saturated rings. The lowest BCUT2D eigenvalue weighted by atomic mass is 10.3. The van der Waals surface area contributed by atoms with Crippen LogP contribution in [-0.2, 0) is 27.3 Å². The maximum Gasteiger partial charge on any atom is 0.311 e. The number of hydrogen-bond acceptors (Lipinski definition) is 7. The van der Waals surface area contributed by atoms with Crippen LogP contribution in [0.2, 0.25) is 0 Å². The van der Waals surface area contributed by atoms with Gasteiger partial charge in [-0.15, -0.1) is 16.4 Å². The Kier molecular flexibility index (Phi) is 4.18. The van der Waals surface area contributed by atoms with Crippen molar-refractivity contribution >= 4 is 28.3 Å². The monoisotopic (exact) mass is 281 g/mol. The van der Waals surface area contributed by atoms with Crippen molar-refractivity contribution in [2.45, 2.75) is 13.0 Å². The van der Waals surface area contributed by atoms with Gasteiger partial charge >= 0.3 is 5.97 Å². The van der Waals surface area contributed by atoms with Gasteiger partial charge in [0.25, 0.3) is 0 Å². The largest absolute Gasteiger partial charge is 0.469 e. The highest BCUT2D eigenvalue weighted by molar-refractivity contribution is 7.13. The van der Waals surface area contributed by atoms with Gasteiger partial charge in [0, 0.05) is 11.6 Å². The van der Waals surface area contributed by atoms with Crippen LogP contribution in [-0.4, -0.2) is 39.0 Å². The molecule has 1 amide bonds. The molecule has 1 N–H and O–H groups in total. The maximum atomic E-state index is 11.6. The number of aromatic nitrogens is 4. The molecular formula is C10H11N5O3S. The lowest BCUT2D eigenvalue weighted by Crippen LogP contribution is -2.19. The van der Waals surface area contributed by atoms with Gasteiger partial charge in [0.1, 0.15) is 6.54 Å². The SMILES string of the molecule is COC(=O)Cc1csc(NC(=O)Cn2ccnn2)n1. The molecule has 0 aliphatic carbocycles. The zero-order chi connectivity index (χ0) is 13.7. The number of ether oxygens (including phenoxy) is 1. The van der Waals surface area contributed by atoms with Gasteiger partial charge in [0.2, 0.25) is 5.91 Å². The van der Waals surface area contributed by atoms with Crippen LogP contribution in [0.5, 0.6) is 0 Å². The number of nitrogens with one attached hydrogen (secondary N) is 1. The number of amides is 1. The minimum absolute atomic E-state index is 0.0614. The van der Waals surface area contributed by atoms with E-state index in [1.807, 2.05) is 0 Å². The van der Waals surface area contributed by atoms with Gasteiger partial charge in [-0.05, 0) is 0 Å². The minimum atomic E-state index is -0.370. The van der Waals surface area contributed by atoms with Crippen molar-refractivity contribution in [2.75, 3.05) is 12.4 Å². The Bertz CT molecular complexity index is 565. The zero-order valence-corrected chi connectivity index (χ0v) is 10.9. The molecule has 2 aromatic heterocycles. The molecule has 0 saturated carbocycles. The van der Waals surface area contributed by atoms with Crippen LogP contribution in [0.4, 0.5) is 5.13 Å². The third-order valence-electron chi connectivity index (χ3n) is 2.13. The number of methoxy groups -OCH3 is 1. The molecule has 0 saturated heterocycles. The summed E-state index contributed by atoms with van der Waals surface area (Å²) in [7, 11) is 1.31. The summed E-state index contributed by atoms with van der Waals surface area (Å²) in [4.78, 5) is 26.8. The van der Waals surface area contributed by atoms with Gasteiger partial charge in [-0.1, -0.05) is 5.21 Å². The van der Waals surface area contributed by atoms with Gasteiger partial charge in [-0.2, -0.15) is 0 Å². The van der Waals surface area contributed by atoms with Gasteiger partial charge in [-0.3, -0.25) is 9.59 Å². The van der Waals surface area contributed by atoms with Gasteiger partial charge in [-0.25, -0.2) is 9.67 Å². The molecule has 100 valence electrons. The summed E-state index contributed by atoms with van der Waals surface area (Å²) in [5, 5.41) is 12.0.